The summed E-state index contributed by atoms with van der Waals surface area (Å²) in [5, 5.41) is 0. The maximum absolute atomic E-state index is 3.55. The highest BCUT2D eigenvalue weighted by atomic mass is 79.9. The molecule has 1 saturated heterocycles. The molecule has 2 aliphatic heterocycles. The van der Waals surface area contributed by atoms with Gasteiger partial charge in [-0.1, -0.05) is 46.3 Å². The lowest BCUT2D eigenvalue weighted by Crippen LogP contribution is -2.25. The van der Waals surface area contributed by atoms with Crippen molar-refractivity contribution < 1.29 is 0 Å². The van der Waals surface area contributed by atoms with E-state index in [1.54, 1.807) is 0 Å². The second-order valence-electron chi connectivity index (χ2n) is 7.16. The minimum atomic E-state index is 0.484. The molecule has 0 aliphatic carbocycles. The van der Waals surface area contributed by atoms with Crippen LogP contribution in [-0.4, -0.2) is 31.6 Å². The third-order valence-corrected chi connectivity index (χ3v) is 6.02. The van der Waals surface area contributed by atoms with Gasteiger partial charge in [-0.2, -0.15) is 0 Å². The van der Waals surface area contributed by atoms with Crippen molar-refractivity contribution >= 4 is 27.2 Å². The molecule has 0 amide bonds. The normalized spacial score (nSPS) is 21.4. The molecule has 3 heteroatoms. The molecule has 4 rings (SSSR count). The zero-order valence-corrected chi connectivity index (χ0v) is 16.4. The van der Waals surface area contributed by atoms with Crippen LogP contribution in [0.25, 0.3) is 5.57 Å². The number of nitrogens with zero attached hydrogens (tertiary/aromatic N) is 2. The van der Waals surface area contributed by atoms with Crippen LogP contribution in [0.1, 0.15) is 36.4 Å². The molecule has 2 aromatic rings. The van der Waals surface area contributed by atoms with Gasteiger partial charge in [0.25, 0.3) is 0 Å². The quantitative estimate of drug-likeness (QED) is 0.674. The molecule has 2 nitrogen and oxygen atoms in total. The maximum atomic E-state index is 3.55. The Morgan fingerprint density at radius 2 is 1.80 bits per heavy atom. The van der Waals surface area contributed by atoms with Crippen molar-refractivity contribution in [2.24, 2.45) is 0 Å². The molecule has 0 N–H and O–H groups in total. The first-order valence-electron chi connectivity index (χ1n) is 9.21. The van der Waals surface area contributed by atoms with Gasteiger partial charge in [-0.25, -0.2) is 0 Å². The molecule has 0 saturated carbocycles. The fraction of sp³-hybridized carbons (Fsp3) is 0.364. The molecule has 25 heavy (non-hydrogen) atoms. The predicted octanol–water partition coefficient (Wildman–Crippen LogP) is 5.51. The minimum Gasteiger partial charge on any atom is -0.364 e. The van der Waals surface area contributed by atoms with Gasteiger partial charge in [-0.3, -0.25) is 0 Å². The second kappa shape index (κ2) is 7.35. The summed E-state index contributed by atoms with van der Waals surface area (Å²) in [6, 6.07) is 18.3. The first kappa shape index (κ1) is 16.9. The van der Waals surface area contributed by atoms with Crippen molar-refractivity contribution in [1.29, 1.82) is 0 Å². The Kier molecular flexibility index (Phi) is 4.96. The van der Waals surface area contributed by atoms with Gasteiger partial charge in [0.05, 0.1) is 6.04 Å². The highest BCUT2D eigenvalue weighted by Crippen LogP contribution is 2.40. The van der Waals surface area contributed by atoms with Crippen molar-refractivity contribution in [1.82, 2.24) is 4.90 Å². The Morgan fingerprint density at radius 3 is 2.56 bits per heavy atom. The average molecular weight is 397 g/mol. The topological polar surface area (TPSA) is 6.48 Å². The largest absolute Gasteiger partial charge is 0.364 e. The van der Waals surface area contributed by atoms with Gasteiger partial charge in [0.1, 0.15) is 0 Å². The molecule has 0 radical (unpaired) electrons. The molecule has 0 unspecified atom stereocenters. The summed E-state index contributed by atoms with van der Waals surface area (Å²) in [7, 11) is 2.20. The molecule has 0 aromatic heterocycles. The van der Waals surface area contributed by atoms with Crippen LogP contribution in [-0.2, 0) is 0 Å². The van der Waals surface area contributed by atoms with Crippen LogP contribution in [0.5, 0.6) is 0 Å². The number of anilines is 1. The standard InChI is InChI=1S/C22H25BrN2/c1-24-15-12-17(13-16-24)20-5-2-3-6-21(20)22-7-4-14-25(22)19-10-8-18(23)9-11-19/h2-3,5-6,8-12,22H,4,7,13-16H2,1H3/t22-/m1/s1. The molecule has 2 heterocycles. The summed E-state index contributed by atoms with van der Waals surface area (Å²) < 4.78 is 1.14. The van der Waals surface area contributed by atoms with Gasteiger partial charge in [-0.15, -0.1) is 0 Å². The third-order valence-electron chi connectivity index (χ3n) is 5.49. The molecule has 0 spiro atoms. The molecular formula is C22H25BrN2. The summed E-state index contributed by atoms with van der Waals surface area (Å²) in [5.41, 5.74) is 5.82. The van der Waals surface area contributed by atoms with Crippen LogP contribution in [0, 0.1) is 0 Å². The summed E-state index contributed by atoms with van der Waals surface area (Å²) in [6.45, 7) is 3.36. The first-order chi connectivity index (χ1) is 12.2. The monoisotopic (exact) mass is 396 g/mol. The highest BCUT2D eigenvalue weighted by Gasteiger charge is 2.28. The predicted molar refractivity (Wildman–Crippen MR) is 110 cm³/mol. The fourth-order valence-corrected chi connectivity index (χ4v) is 4.39. The molecule has 1 atom stereocenters. The van der Waals surface area contributed by atoms with Crippen LogP contribution in [0.3, 0.4) is 0 Å². The van der Waals surface area contributed by atoms with E-state index in [-0.39, 0.29) is 0 Å². The Balaban J connectivity index is 1.68. The van der Waals surface area contributed by atoms with Gasteiger partial charge in [-0.05, 0) is 67.3 Å². The maximum Gasteiger partial charge on any atom is 0.0549 e. The molecule has 2 aliphatic rings. The Hall–Kier alpha value is -1.58. The molecule has 2 aromatic carbocycles. The SMILES string of the molecule is CN1CC=C(c2ccccc2[C@H]2CCCN2c2ccc(Br)cc2)CC1. The number of hydrogen-bond donors (Lipinski definition) is 0. The van der Waals surface area contributed by atoms with Crippen LogP contribution in [0.4, 0.5) is 5.69 Å². The van der Waals surface area contributed by atoms with E-state index in [2.05, 4.69) is 87.4 Å². The lowest BCUT2D eigenvalue weighted by Gasteiger charge is -2.30. The van der Waals surface area contributed by atoms with E-state index in [4.69, 9.17) is 0 Å². The summed E-state index contributed by atoms with van der Waals surface area (Å²) in [6.07, 6.45) is 6.07. The Morgan fingerprint density at radius 1 is 1.00 bits per heavy atom. The lowest BCUT2D eigenvalue weighted by atomic mass is 9.90. The summed E-state index contributed by atoms with van der Waals surface area (Å²) >= 11 is 3.55. The first-order valence-corrected chi connectivity index (χ1v) is 10.0. The van der Waals surface area contributed by atoms with E-state index >= 15 is 0 Å². The fourth-order valence-electron chi connectivity index (χ4n) is 4.13. The smallest absolute Gasteiger partial charge is 0.0549 e. The number of rotatable bonds is 3. The van der Waals surface area contributed by atoms with E-state index in [9.17, 15) is 0 Å². The van der Waals surface area contributed by atoms with E-state index in [0.29, 0.717) is 6.04 Å². The van der Waals surface area contributed by atoms with E-state index in [1.807, 2.05) is 0 Å². The van der Waals surface area contributed by atoms with Gasteiger partial charge in [0, 0.05) is 29.8 Å². The van der Waals surface area contributed by atoms with Crippen LogP contribution >= 0.6 is 15.9 Å². The lowest BCUT2D eigenvalue weighted by molar-refractivity contribution is 0.370. The molecule has 1 fully saturated rings. The van der Waals surface area contributed by atoms with Crippen LogP contribution < -0.4 is 4.90 Å². The molecular weight excluding hydrogens is 372 g/mol. The number of benzene rings is 2. The van der Waals surface area contributed by atoms with Crippen LogP contribution in [0.15, 0.2) is 59.1 Å². The average Bonchev–Trinajstić information content (AvgIpc) is 3.13. The zero-order valence-electron chi connectivity index (χ0n) is 14.8. The molecule has 0 bridgehead atoms. The summed E-state index contributed by atoms with van der Waals surface area (Å²) in [4.78, 5) is 4.97. The number of likely N-dealkylation sites (N-methyl/N-ethyl adjacent to an activating group) is 1. The number of hydrogen-bond acceptors (Lipinski definition) is 2. The molecule has 130 valence electrons. The Bertz CT molecular complexity index is 766. The van der Waals surface area contributed by atoms with Crippen molar-refractivity contribution in [3.8, 4) is 0 Å². The Labute approximate surface area is 159 Å². The number of halogens is 1. The highest BCUT2D eigenvalue weighted by molar-refractivity contribution is 9.10. The van der Waals surface area contributed by atoms with Crippen molar-refractivity contribution in [3.05, 3.63) is 70.2 Å². The van der Waals surface area contributed by atoms with E-state index in [0.717, 1.165) is 30.5 Å². The minimum absolute atomic E-state index is 0.484. The van der Waals surface area contributed by atoms with E-state index < -0.39 is 0 Å². The van der Waals surface area contributed by atoms with Gasteiger partial charge >= 0.3 is 0 Å². The summed E-state index contributed by atoms with van der Waals surface area (Å²) in [5.74, 6) is 0. The van der Waals surface area contributed by atoms with Crippen molar-refractivity contribution in [2.45, 2.75) is 25.3 Å². The van der Waals surface area contributed by atoms with Crippen molar-refractivity contribution in [3.63, 3.8) is 0 Å². The third kappa shape index (κ3) is 3.54. The van der Waals surface area contributed by atoms with Crippen LogP contribution in [0.2, 0.25) is 0 Å². The van der Waals surface area contributed by atoms with E-state index in [1.165, 1.54) is 35.2 Å². The van der Waals surface area contributed by atoms with Gasteiger partial charge in [0.15, 0.2) is 0 Å². The second-order valence-corrected chi connectivity index (χ2v) is 8.07. The van der Waals surface area contributed by atoms with Gasteiger partial charge in [0.2, 0.25) is 0 Å². The zero-order chi connectivity index (χ0) is 17.2. The van der Waals surface area contributed by atoms with Crippen molar-refractivity contribution in [2.75, 3.05) is 31.6 Å². The van der Waals surface area contributed by atoms with Gasteiger partial charge < -0.3 is 9.80 Å².